The van der Waals surface area contributed by atoms with Crippen molar-refractivity contribution in [2.24, 2.45) is 0 Å². The van der Waals surface area contributed by atoms with E-state index in [1.807, 2.05) is 0 Å². The monoisotopic (exact) mass is 249 g/mol. The van der Waals surface area contributed by atoms with Gasteiger partial charge < -0.3 is 5.32 Å². The maximum absolute atomic E-state index is 13.0. The van der Waals surface area contributed by atoms with Crippen LogP contribution in [-0.2, 0) is 0 Å². The van der Waals surface area contributed by atoms with Crippen molar-refractivity contribution >= 4 is 21.8 Å². The second-order valence-electron chi connectivity index (χ2n) is 2.33. The summed E-state index contributed by atoms with van der Waals surface area (Å²) in [4.78, 5) is 11.0. The number of hydrogen-bond donors (Lipinski definition) is 1. The van der Waals surface area contributed by atoms with Crippen molar-refractivity contribution in [3.05, 3.63) is 33.8 Å². The van der Waals surface area contributed by atoms with Crippen molar-refractivity contribution in [1.82, 2.24) is 5.32 Å². The number of carbonyl (C=O) groups is 1. The summed E-state index contributed by atoms with van der Waals surface area (Å²) in [6, 6.07) is 1.76. The summed E-state index contributed by atoms with van der Waals surface area (Å²) in [6.45, 7) is 0. The van der Waals surface area contributed by atoms with Crippen molar-refractivity contribution in [1.29, 1.82) is 0 Å². The first kappa shape index (κ1) is 10.1. The fourth-order valence-electron chi connectivity index (χ4n) is 0.831. The van der Waals surface area contributed by atoms with Crippen LogP contribution in [0.2, 0.25) is 0 Å². The second kappa shape index (κ2) is 3.83. The SMILES string of the molecule is CNC(=O)c1cc(F)c(Br)cc1F. The molecule has 1 N–H and O–H groups in total. The van der Waals surface area contributed by atoms with E-state index in [1.54, 1.807) is 0 Å². The Morgan fingerprint density at radius 2 is 2.00 bits per heavy atom. The molecule has 0 bridgehead atoms. The average molecular weight is 250 g/mol. The number of carbonyl (C=O) groups excluding carboxylic acids is 1. The molecule has 0 spiro atoms. The van der Waals surface area contributed by atoms with Crippen molar-refractivity contribution < 1.29 is 13.6 Å². The van der Waals surface area contributed by atoms with Crippen molar-refractivity contribution in [3.8, 4) is 0 Å². The summed E-state index contributed by atoms with van der Waals surface area (Å²) >= 11 is 2.80. The summed E-state index contributed by atoms with van der Waals surface area (Å²) in [5, 5.41) is 2.21. The second-order valence-corrected chi connectivity index (χ2v) is 3.18. The van der Waals surface area contributed by atoms with Gasteiger partial charge in [-0.05, 0) is 28.1 Å². The summed E-state index contributed by atoms with van der Waals surface area (Å²) in [6.07, 6.45) is 0. The van der Waals surface area contributed by atoms with Gasteiger partial charge in [0.2, 0.25) is 0 Å². The number of benzene rings is 1. The van der Waals surface area contributed by atoms with E-state index in [0.717, 1.165) is 12.1 Å². The fraction of sp³-hybridized carbons (Fsp3) is 0.125. The molecule has 70 valence electrons. The standard InChI is InChI=1S/C8H6BrF2NO/c1-12-8(13)4-2-7(11)5(9)3-6(4)10/h2-3H,1H3,(H,12,13). The Bertz CT molecular complexity index is 354. The molecule has 1 amide bonds. The highest BCUT2D eigenvalue weighted by Gasteiger charge is 2.13. The minimum atomic E-state index is -0.757. The molecule has 5 heteroatoms. The van der Waals surface area contributed by atoms with E-state index in [1.165, 1.54) is 7.05 Å². The van der Waals surface area contributed by atoms with Gasteiger partial charge in [-0.25, -0.2) is 8.78 Å². The summed E-state index contributed by atoms with van der Waals surface area (Å²) < 4.78 is 25.9. The topological polar surface area (TPSA) is 29.1 Å². The Morgan fingerprint density at radius 3 is 2.54 bits per heavy atom. The molecule has 2 nitrogen and oxygen atoms in total. The van der Waals surface area contributed by atoms with Crippen LogP contribution in [0.3, 0.4) is 0 Å². The van der Waals surface area contributed by atoms with Gasteiger partial charge in [-0.2, -0.15) is 0 Å². The molecule has 0 radical (unpaired) electrons. The third-order valence-corrected chi connectivity index (χ3v) is 2.09. The molecule has 1 rings (SSSR count). The third-order valence-electron chi connectivity index (χ3n) is 1.48. The predicted octanol–water partition coefficient (Wildman–Crippen LogP) is 2.09. The maximum atomic E-state index is 13.0. The van der Waals surface area contributed by atoms with Crippen LogP contribution in [-0.4, -0.2) is 13.0 Å². The van der Waals surface area contributed by atoms with Gasteiger partial charge in [0.1, 0.15) is 11.6 Å². The lowest BCUT2D eigenvalue weighted by Gasteiger charge is -2.02. The molecule has 0 saturated heterocycles. The van der Waals surface area contributed by atoms with E-state index in [0.29, 0.717) is 0 Å². The molecule has 1 aromatic rings. The molecule has 0 fully saturated rings. The summed E-state index contributed by atoms with van der Waals surface area (Å²) in [5.74, 6) is -2.07. The van der Waals surface area contributed by atoms with Gasteiger partial charge in [-0.3, -0.25) is 4.79 Å². The van der Waals surface area contributed by atoms with Gasteiger partial charge in [-0.1, -0.05) is 0 Å². The van der Waals surface area contributed by atoms with Crippen molar-refractivity contribution in [3.63, 3.8) is 0 Å². The predicted molar refractivity (Wildman–Crippen MR) is 47.4 cm³/mol. The third kappa shape index (κ3) is 2.03. The highest BCUT2D eigenvalue weighted by molar-refractivity contribution is 9.10. The lowest BCUT2D eigenvalue weighted by atomic mass is 10.2. The Kier molecular flexibility index (Phi) is 2.98. The largest absolute Gasteiger partial charge is 0.355 e. The van der Waals surface area contributed by atoms with Crippen LogP contribution in [0.15, 0.2) is 16.6 Å². The first-order valence-corrected chi connectivity index (χ1v) is 4.22. The van der Waals surface area contributed by atoms with E-state index in [4.69, 9.17) is 0 Å². The average Bonchev–Trinajstić information content (AvgIpc) is 2.10. The molecule has 0 aliphatic heterocycles. The minimum absolute atomic E-state index is 0.00217. The molecular formula is C8H6BrF2NO. The Labute approximate surface area is 82.1 Å². The van der Waals surface area contributed by atoms with Crippen LogP contribution in [0.25, 0.3) is 0 Å². The van der Waals surface area contributed by atoms with Crippen LogP contribution in [0.1, 0.15) is 10.4 Å². The van der Waals surface area contributed by atoms with Crippen molar-refractivity contribution in [2.45, 2.75) is 0 Å². The van der Waals surface area contributed by atoms with Gasteiger partial charge >= 0.3 is 0 Å². The van der Waals surface area contributed by atoms with Crippen LogP contribution in [0.5, 0.6) is 0 Å². The van der Waals surface area contributed by atoms with Gasteiger partial charge in [0.25, 0.3) is 5.91 Å². The first-order chi connectivity index (χ1) is 6.06. The molecule has 0 aliphatic rings. The quantitative estimate of drug-likeness (QED) is 0.759. The van der Waals surface area contributed by atoms with E-state index >= 15 is 0 Å². The molecule has 0 heterocycles. The molecule has 0 aromatic heterocycles. The van der Waals surface area contributed by atoms with E-state index in [2.05, 4.69) is 21.2 Å². The maximum Gasteiger partial charge on any atom is 0.254 e. The van der Waals surface area contributed by atoms with Crippen LogP contribution in [0.4, 0.5) is 8.78 Å². The molecular weight excluding hydrogens is 244 g/mol. The Balaban J connectivity index is 3.23. The number of nitrogens with one attached hydrogen (secondary N) is 1. The molecule has 0 unspecified atom stereocenters. The smallest absolute Gasteiger partial charge is 0.254 e. The zero-order valence-corrected chi connectivity index (χ0v) is 8.28. The van der Waals surface area contributed by atoms with Crippen LogP contribution >= 0.6 is 15.9 Å². The zero-order valence-electron chi connectivity index (χ0n) is 6.70. The summed E-state index contributed by atoms with van der Waals surface area (Å²) in [7, 11) is 1.35. The fourth-order valence-corrected chi connectivity index (χ4v) is 1.15. The van der Waals surface area contributed by atoms with Gasteiger partial charge in [0.15, 0.2) is 0 Å². The number of rotatable bonds is 1. The normalized spacial score (nSPS) is 9.85. The van der Waals surface area contributed by atoms with Gasteiger partial charge in [-0.15, -0.1) is 0 Å². The van der Waals surface area contributed by atoms with E-state index < -0.39 is 17.5 Å². The van der Waals surface area contributed by atoms with E-state index in [-0.39, 0.29) is 10.0 Å². The van der Waals surface area contributed by atoms with Crippen molar-refractivity contribution in [2.75, 3.05) is 7.05 Å². The number of hydrogen-bond acceptors (Lipinski definition) is 1. The highest BCUT2D eigenvalue weighted by atomic mass is 79.9. The molecule has 1 aromatic carbocycles. The van der Waals surface area contributed by atoms with Gasteiger partial charge in [0.05, 0.1) is 10.0 Å². The molecule has 0 atom stereocenters. The zero-order chi connectivity index (χ0) is 10.0. The lowest BCUT2D eigenvalue weighted by Crippen LogP contribution is -2.19. The molecule has 0 aliphatic carbocycles. The molecule has 13 heavy (non-hydrogen) atoms. The highest BCUT2D eigenvalue weighted by Crippen LogP contribution is 2.19. The van der Waals surface area contributed by atoms with E-state index in [9.17, 15) is 13.6 Å². The van der Waals surface area contributed by atoms with Crippen LogP contribution in [0, 0.1) is 11.6 Å². The molecule has 0 saturated carbocycles. The first-order valence-electron chi connectivity index (χ1n) is 3.43. The Hall–Kier alpha value is -0.970. The number of amides is 1. The number of halogens is 3. The van der Waals surface area contributed by atoms with Gasteiger partial charge in [0, 0.05) is 7.05 Å². The van der Waals surface area contributed by atoms with Crippen LogP contribution < -0.4 is 5.32 Å². The minimum Gasteiger partial charge on any atom is -0.355 e. The lowest BCUT2D eigenvalue weighted by molar-refractivity contribution is 0.0958. The summed E-state index contributed by atoms with van der Waals surface area (Å²) in [5.41, 5.74) is -0.303. The Morgan fingerprint density at radius 1 is 1.38 bits per heavy atom.